The van der Waals surface area contributed by atoms with E-state index >= 15 is 0 Å². The van der Waals surface area contributed by atoms with Crippen LogP contribution in [0.3, 0.4) is 0 Å². The zero-order chi connectivity index (χ0) is 27.7. The molecule has 0 fully saturated rings. The number of para-hydroxylation sites is 1. The SMILES string of the molecule is NC(=O)[C@H](Cc1ccc(OCc2ccccc2)c(OCc2ccccc2)c1)NC(=O)c1ccc2ccccc2n1. The second-order valence-corrected chi connectivity index (χ2v) is 9.35. The molecule has 0 unspecified atom stereocenters. The number of aromatic nitrogens is 1. The summed E-state index contributed by atoms with van der Waals surface area (Å²) in [5, 5.41) is 3.66. The van der Waals surface area contributed by atoms with E-state index in [0.29, 0.717) is 30.2 Å². The number of nitrogens with two attached hydrogens (primary N) is 1. The Labute approximate surface area is 232 Å². The Balaban J connectivity index is 1.33. The third-order valence-corrected chi connectivity index (χ3v) is 6.40. The Hall–Kier alpha value is -5.17. The number of pyridine rings is 1. The average molecular weight is 532 g/mol. The molecule has 1 atom stereocenters. The van der Waals surface area contributed by atoms with Gasteiger partial charge in [0.05, 0.1) is 5.52 Å². The molecule has 4 aromatic carbocycles. The zero-order valence-corrected chi connectivity index (χ0v) is 21.8. The van der Waals surface area contributed by atoms with Crippen molar-refractivity contribution in [1.29, 1.82) is 0 Å². The monoisotopic (exact) mass is 531 g/mol. The molecule has 0 aliphatic carbocycles. The van der Waals surface area contributed by atoms with Gasteiger partial charge in [0.2, 0.25) is 5.91 Å². The molecular weight excluding hydrogens is 502 g/mol. The minimum atomic E-state index is -0.946. The molecule has 3 N–H and O–H groups in total. The van der Waals surface area contributed by atoms with E-state index < -0.39 is 17.9 Å². The standard InChI is InChI=1S/C33H29N3O4/c34-32(37)29(36-33(38)28-17-16-26-13-7-8-14-27(26)35-28)19-25-15-18-30(39-21-23-9-3-1-4-10-23)31(20-25)40-22-24-11-5-2-6-12-24/h1-18,20,29H,19,21-22H2,(H2,34,37)(H,36,38)/t29-/m0/s1. The molecule has 0 saturated carbocycles. The fourth-order valence-corrected chi connectivity index (χ4v) is 4.27. The first-order chi connectivity index (χ1) is 19.5. The third kappa shape index (κ3) is 6.82. The Kier molecular flexibility index (Phi) is 8.32. The van der Waals surface area contributed by atoms with Crippen LogP contribution < -0.4 is 20.5 Å². The average Bonchev–Trinajstić information content (AvgIpc) is 2.99. The molecule has 0 spiro atoms. The van der Waals surface area contributed by atoms with E-state index in [4.69, 9.17) is 15.2 Å². The van der Waals surface area contributed by atoms with Gasteiger partial charge >= 0.3 is 0 Å². The zero-order valence-electron chi connectivity index (χ0n) is 21.8. The van der Waals surface area contributed by atoms with E-state index in [1.54, 1.807) is 6.07 Å². The van der Waals surface area contributed by atoms with Crippen LogP contribution in [0.15, 0.2) is 115 Å². The Bertz CT molecular complexity index is 1610. The number of nitrogens with zero attached hydrogens (tertiary/aromatic N) is 1. The fraction of sp³-hybridized carbons (Fsp3) is 0.121. The normalized spacial score (nSPS) is 11.5. The summed E-state index contributed by atoms with van der Waals surface area (Å²) in [6.45, 7) is 0.718. The number of carbonyl (C=O) groups is 2. The number of rotatable bonds is 11. The van der Waals surface area contributed by atoms with Crippen LogP contribution in [0.25, 0.3) is 10.9 Å². The molecular formula is C33H29N3O4. The first-order valence-electron chi connectivity index (χ1n) is 13.0. The summed E-state index contributed by atoms with van der Waals surface area (Å²) in [6, 6.07) is 35.1. The van der Waals surface area contributed by atoms with Gasteiger partial charge < -0.3 is 20.5 Å². The van der Waals surface area contributed by atoms with Gasteiger partial charge in [0.1, 0.15) is 24.9 Å². The lowest BCUT2D eigenvalue weighted by Gasteiger charge is -2.18. The van der Waals surface area contributed by atoms with E-state index in [1.165, 1.54) is 0 Å². The summed E-state index contributed by atoms with van der Waals surface area (Å²) >= 11 is 0. The minimum absolute atomic E-state index is 0.176. The Morgan fingerprint density at radius 1 is 0.700 bits per heavy atom. The van der Waals surface area contributed by atoms with Crippen LogP contribution in [0.5, 0.6) is 11.5 Å². The number of nitrogens with one attached hydrogen (secondary N) is 1. The van der Waals surface area contributed by atoms with Crippen molar-refractivity contribution in [2.75, 3.05) is 0 Å². The summed E-state index contributed by atoms with van der Waals surface area (Å²) in [4.78, 5) is 29.7. The third-order valence-electron chi connectivity index (χ3n) is 6.40. The van der Waals surface area contributed by atoms with Gasteiger partial charge in [-0.15, -0.1) is 0 Å². The highest BCUT2D eigenvalue weighted by atomic mass is 16.5. The molecule has 0 radical (unpaired) electrons. The highest BCUT2D eigenvalue weighted by molar-refractivity contribution is 5.97. The van der Waals surface area contributed by atoms with Crippen molar-refractivity contribution in [1.82, 2.24) is 10.3 Å². The Morgan fingerprint density at radius 2 is 1.32 bits per heavy atom. The molecule has 1 aromatic heterocycles. The van der Waals surface area contributed by atoms with Crippen molar-refractivity contribution in [2.45, 2.75) is 25.7 Å². The van der Waals surface area contributed by atoms with Gasteiger partial charge in [-0.2, -0.15) is 0 Å². The van der Waals surface area contributed by atoms with Gasteiger partial charge in [0.15, 0.2) is 11.5 Å². The summed E-state index contributed by atoms with van der Waals surface area (Å²) < 4.78 is 12.2. The molecule has 0 bridgehead atoms. The molecule has 5 rings (SSSR count). The molecule has 200 valence electrons. The van der Waals surface area contributed by atoms with Crippen molar-refractivity contribution in [2.24, 2.45) is 5.73 Å². The number of amides is 2. The quantitative estimate of drug-likeness (QED) is 0.243. The van der Waals surface area contributed by atoms with Gasteiger partial charge in [0.25, 0.3) is 5.91 Å². The summed E-state index contributed by atoms with van der Waals surface area (Å²) in [5.74, 6) is -0.0187. The number of carbonyl (C=O) groups excluding carboxylic acids is 2. The number of hydrogen-bond acceptors (Lipinski definition) is 5. The van der Waals surface area contributed by atoms with Crippen LogP contribution >= 0.6 is 0 Å². The first kappa shape index (κ1) is 26.4. The van der Waals surface area contributed by atoms with E-state index in [9.17, 15) is 9.59 Å². The molecule has 5 aromatic rings. The van der Waals surface area contributed by atoms with Gasteiger partial charge in [-0.05, 0) is 41.0 Å². The van der Waals surface area contributed by atoms with Crippen LogP contribution in [0.2, 0.25) is 0 Å². The molecule has 2 amide bonds. The lowest BCUT2D eigenvalue weighted by atomic mass is 10.0. The molecule has 1 heterocycles. The van der Waals surface area contributed by atoms with Gasteiger partial charge in [-0.25, -0.2) is 4.98 Å². The van der Waals surface area contributed by atoms with Crippen LogP contribution in [-0.4, -0.2) is 22.8 Å². The Morgan fingerprint density at radius 3 is 2.00 bits per heavy atom. The highest BCUT2D eigenvalue weighted by Gasteiger charge is 2.21. The molecule has 0 saturated heterocycles. The molecule has 7 nitrogen and oxygen atoms in total. The van der Waals surface area contributed by atoms with E-state index in [2.05, 4.69) is 10.3 Å². The first-order valence-corrected chi connectivity index (χ1v) is 13.0. The second-order valence-electron chi connectivity index (χ2n) is 9.35. The van der Waals surface area contributed by atoms with Crippen molar-refractivity contribution >= 4 is 22.7 Å². The molecule has 0 aliphatic heterocycles. The maximum Gasteiger partial charge on any atom is 0.270 e. The molecule has 40 heavy (non-hydrogen) atoms. The number of benzene rings is 4. The highest BCUT2D eigenvalue weighted by Crippen LogP contribution is 2.30. The maximum atomic E-state index is 13.0. The number of primary amides is 1. The largest absolute Gasteiger partial charge is 0.485 e. The van der Waals surface area contributed by atoms with E-state index in [0.717, 1.165) is 22.1 Å². The number of ether oxygens (including phenoxy) is 2. The van der Waals surface area contributed by atoms with E-state index in [1.807, 2.05) is 109 Å². The summed E-state index contributed by atoms with van der Waals surface area (Å²) in [6.07, 6.45) is 0.176. The lowest BCUT2D eigenvalue weighted by Crippen LogP contribution is -2.46. The van der Waals surface area contributed by atoms with Gasteiger partial charge in [-0.1, -0.05) is 91.0 Å². The second kappa shape index (κ2) is 12.6. The number of hydrogen-bond donors (Lipinski definition) is 2. The van der Waals surface area contributed by atoms with Crippen LogP contribution in [-0.2, 0) is 24.4 Å². The van der Waals surface area contributed by atoms with Crippen molar-refractivity contribution in [3.63, 3.8) is 0 Å². The van der Waals surface area contributed by atoms with Crippen molar-refractivity contribution in [3.05, 3.63) is 138 Å². The van der Waals surface area contributed by atoms with Crippen molar-refractivity contribution in [3.8, 4) is 11.5 Å². The van der Waals surface area contributed by atoms with Crippen LogP contribution in [0, 0.1) is 0 Å². The van der Waals surface area contributed by atoms with Crippen LogP contribution in [0.1, 0.15) is 27.2 Å². The van der Waals surface area contributed by atoms with Crippen LogP contribution in [0.4, 0.5) is 0 Å². The summed E-state index contributed by atoms with van der Waals surface area (Å²) in [7, 11) is 0. The minimum Gasteiger partial charge on any atom is -0.485 e. The molecule has 0 aliphatic rings. The predicted octanol–water partition coefficient (Wildman–Crippen LogP) is 5.22. The lowest BCUT2D eigenvalue weighted by molar-refractivity contribution is -0.119. The predicted molar refractivity (Wildman–Crippen MR) is 154 cm³/mol. The van der Waals surface area contributed by atoms with Gasteiger partial charge in [-0.3, -0.25) is 9.59 Å². The smallest absolute Gasteiger partial charge is 0.270 e. The van der Waals surface area contributed by atoms with E-state index in [-0.39, 0.29) is 12.1 Å². The topological polar surface area (TPSA) is 104 Å². The van der Waals surface area contributed by atoms with Crippen molar-refractivity contribution < 1.29 is 19.1 Å². The molecule has 7 heteroatoms. The fourth-order valence-electron chi connectivity index (χ4n) is 4.27. The maximum absolute atomic E-state index is 13.0. The summed E-state index contributed by atoms with van der Waals surface area (Å²) in [5.41, 5.74) is 9.38. The van der Waals surface area contributed by atoms with Gasteiger partial charge in [0, 0.05) is 11.8 Å². The number of fused-ring (bicyclic) bond motifs is 1.